The Balaban J connectivity index is 0.000000140. The van der Waals surface area contributed by atoms with E-state index in [1.807, 2.05) is 0 Å². The summed E-state index contributed by atoms with van der Waals surface area (Å²) in [6.45, 7) is 0. The van der Waals surface area contributed by atoms with Crippen LogP contribution in [0, 0.1) is 0 Å². The lowest BCUT2D eigenvalue weighted by Gasteiger charge is -2.23. The molecule has 8 heteroatoms. The molecule has 0 amide bonds. The molecule has 4 aliphatic heterocycles. The van der Waals surface area contributed by atoms with Gasteiger partial charge < -0.3 is 28.0 Å². The van der Waals surface area contributed by atoms with E-state index in [4.69, 9.17) is 0 Å². The summed E-state index contributed by atoms with van der Waals surface area (Å²) < 4.78 is 4.25. The number of hydrogen-bond acceptors (Lipinski definition) is 2. The van der Waals surface area contributed by atoms with E-state index in [0.717, 1.165) is 12.8 Å². The highest BCUT2D eigenvalue weighted by atomic mass is 19.0. The highest BCUT2D eigenvalue weighted by molar-refractivity contribution is 6.33. The molecule has 0 saturated carbocycles. The van der Waals surface area contributed by atoms with Crippen LogP contribution in [0.1, 0.15) is 24.2 Å². The fourth-order valence-electron chi connectivity index (χ4n) is 3.35. The van der Waals surface area contributed by atoms with Crippen LogP contribution in [-0.4, -0.2) is 33.7 Å². The topological polar surface area (TPSA) is 16.3 Å². The van der Waals surface area contributed by atoms with Gasteiger partial charge in [-0.05, 0) is 61.2 Å². The van der Waals surface area contributed by atoms with Gasteiger partial charge in [-0.1, -0.05) is 12.2 Å². The first-order valence-corrected chi connectivity index (χ1v) is 8.22. The summed E-state index contributed by atoms with van der Waals surface area (Å²) in [5.41, 5.74) is 5.26. The second-order valence-electron chi connectivity index (χ2n) is 6.18. The first-order valence-electron chi connectivity index (χ1n) is 8.22. The van der Waals surface area contributed by atoms with Gasteiger partial charge in [0.05, 0.1) is 0 Å². The third kappa shape index (κ3) is 3.03. The van der Waals surface area contributed by atoms with Crippen LogP contribution < -0.4 is 9.41 Å². The Morgan fingerprint density at radius 3 is 1.62 bits per heavy atom. The number of fused-ring (bicyclic) bond motifs is 4. The Labute approximate surface area is 152 Å². The van der Waals surface area contributed by atoms with Gasteiger partial charge in [-0.3, -0.25) is 0 Å². The zero-order chi connectivity index (χ0) is 15.9. The molecule has 26 heavy (non-hydrogen) atoms. The maximum Gasteiger partial charge on any atom is 0.400 e. The van der Waals surface area contributed by atoms with E-state index in [9.17, 15) is 0 Å². The minimum absolute atomic E-state index is 0. The Bertz CT molecular complexity index is 836. The smallest absolute Gasteiger partial charge is 0.400 e. The highest BCUT2D eigenvalue weighted by Crippen LogP contribution is 2.25. The SMILES string of the molecule is [B]1N2C=CCC2=Cc2cccn21.[B]1N2C=CCC2=Cc2cccn21.[F-].[F-]. The maximum atomic E-state index is 2.22. The van der Waals surface area contributed by atoms with Crippen molar-refractivity contribution in [3.8, 4) is 0 Å². The summed E-state index contributed by atoms with van der Waals surface area (Å²) in [7, 11) is 4.21. The summed E-state index contributed by atoms with van der Waals surface area (Å²) >= 11 is 0. The van der Waals surface area contributed by atoms with Crippen LogP contribution in [0.5, 0.6) is 0 Å². The van der Waals surface area contributed by atoms with Crippen molar-refractivity contribution in [3.05, 3.63) is 84.0 Å². The number of nitrogens with zero attached hydrogens (tertiary/aromatic N) is 4. The highest BCUT2D eigenvalue weighted by Gasteiger charge is 2.20. The van der Waals surface area contributed by atoms with Crippen molar-refractivity contribution in [2.45, 2.75) is 12.8 Å². The van der Waals surface area contributed by atoms with Crippen molar-refractivity contribution in [1.29, 1.82) is 0 Å². The molecule has 6 rings (SSSR count). The van der Waals surface area contributed by atoms with Crippen LogP contribution in [0.4, 0.5) is 0 Å². The molecule has 6 heterocycles. The standard InChI is InChI=1S/2C9H8BN2.2FH/c2*1-3-8-7-9-4-2-6-12(9)10-11(8)5-1;;/h2*1-3,5-7H,4H2;2*1H/p-2. The molecule has 0 bridgehead atoms. The van der Waals surface area contributed by atoms with Crippen molar-refractivity contribution in [2.24, 2.45) is 0 Å². The van der Waals surface area contributed by atoms with E-state index in [-0.39, 0.29) is 9.41 Å². The quantitative estimate of drug-likeness (QED) is 0.469. The third-order valence-electron chi connectivity index (χ3n) is 4.60. The minimum atomic E-state index is 0. The lowest BCUT2D eigenvalue weighted by atomic mass is 10.0. The molecule has 2 aromatic rings. The number of hydrogen-bond donors (Lipinski definition) is 0. The van der Waals surface area contributed by atoms with Crippen LogP contribution in [0.15, 0.2) is 72.6 Å². The first-order chi connectivity index (χ1) is 11.9. The molecule has 0 aliphatic carbocycles. The van der Waals surface area contributed by atoms with E-state index in [0.29, 0.717) is 0 Å². The molecular weight excluding hydrogens is 332 g/mol. The van der Waals surface area contributed by atoms with Crippen molar-refractivity contribution in [2.75, 3.05) is 0 Å². The Morgan fingerprint density at radius 2 is 1.15 bits per heavy atom. The molecule has 2 radical (unpaired) electrons. The van der Waals surface area contributed by atoms with Crippen molar-refractivity contribution < 1.29 is 9.41 Å². The summed E-state index contributed by atoms with van der Waals surface area (Å²) in [5, 5.41) is 0. The van der Waals surface area contributed by atoms with Crippen molar-refractivity contribution >= 4 is 27.3 Å². The van der Waals surface area contributed by atoms with Gasteiger partial charge in [0.1, 0.15) is 0 Å². The molecule has 0 aromatic carbocycles. The zero-order valence-corrected chi connectivity index (χ0v) is 14.0. The molecule has 4 aliphatic rings. The van der Waals surface area contributed by atoms with Gasteiger partial charge >= 0.3 is 15.1 Å². The van der Waals surface area contributed by atoms with Crippen LogP contribution in [0.2, 0.25) is 0 Å². The third-order valence-corrected chi connectivity index (χ3v) is 4.60. The number of halogens is 2. The molecule has 130 valence electrons. The molecule has 0 unspecified atom stereocenters. The zero-order valence-electron chi connectivity index (χ0n) is 14.0. The maximum absolute atomic E-state index is 2.22. The van der Waals surface area contributed by atoms with Gasteiger partial charge in [-0.2, -0.15) is 0 Å². The van der Waals surface area contributed by atoms with E-state index >= 15 is 0 Å². The predicted molar refractivity (Wildman–Crippen MR) is 98.3 cm³/mol. The Hall–Kier alpha value is -2.89. The van der Waals surface area contributed by atoms with E-state index in [1.165, 1.54) is 22.8 Å². The molecule has 0 N–H and O–H groups in total. The molecule has 0 fully saturated rings. The minimum Gasteiger partial charge on any atom is -1.00 e. The molecule has 0 atom stereocenters. The Kier molecular flexibility index (Phi) is 4.93. The van der Waals surface area contributed by atoms with Crippen molar-refractivity contribution in [1.82, 2.24) is 18.6 Å². The number of allylic oxidation sites excluding steroid dienone is 2. The van der Waals surface area contributed by atoms with E-state index in [1.54, 1.807) is 0 Å². The Morgan fingerprint density at radius 1 is 0.692 bits per heavy atom. The molecule has 2 aromatic heterocycles. The fourth-order valence-corrected chi connectivity index (χ4v) is 3.35. The lowest BCUT2D eigenvalue weighted by molar-refractivity contribution is -0.001000. The van der Waals surface area contributed by atoms with Crippen LogP contribution in [0.3, 0.4) is 0 Å². The van der Waals surface area contributed by atoms with Gasteiger partial charge in [-0.25, -0.2) is 0 Å². The van der Waals surface area contributed by atoms with Gasteiger partial charge in [0, 0.05) is 35.6 Å². The normalized spacial score (nSPS) is 16.9. The summed E-state index contributed by atoms with van der Waals surface area (Å²) in [6.07, 6.45) is 19.2. The lowest BCUT2D eigenvalue weighted by Crippen LogP contribution is -3.00. The molecule has 4 nitrogen and oxygen atoms in total. The summed E-state index contributed by atoms with van der Waals surface area (Å²) in [4.78, 5) is 4.32. The predicted octanol–water partition coefficient (Wildman–Crippen LogP) is -3.10. The van der Waals surface area contributed by atoms with Gasteiger partial charge in [0.25, 0.3) is 0 Å². The van der Waals surface area contributed by atoms with Crippen LogP contribution in [0.25, 0.3) is 12.2 Å². The fraction of sp³-hybridized carbons (Fsp3) is 0.111. The molecule has 0 spiro atoms. The van der Waals surface area contributed by atoms with Crippen molar-refractivity contribution in [3.63, 3.8) is 0 Å². The summed E-state index contributed by atoms with van der Waals surface area (Å²) in [6, 6.07) is 8.38. The number of rotatable bonds is 0. The number of aromatic nitrogens is 2. The van der Waals surface area contributed by atoms with Crippen LogP contribution in [-0.2, 0) is 0 Å². The molecular formula is C18H16B2F2N4-2. The average molecular weight is 348 g/mol. The van der Waals surface area contributed by atoms with Gasteiger partial charge in [0.2, 0.25) is 0 Å². The van der Waals surface area contributed by atoms with Gasteiger partial charge in [-0.15, -0.1) is 0 Å². The van der Waals surface area contributed by atoms with E-state index in [2.05, 4.69) is 107 Å². The molecule has 0 saturated heterocycles. The largest absolute Gasteiger partial charge is 1.00 e. The van der Waals surface area contributed by atoms with Crippen LogP contribution >= 0.6 is 0 Å². The second-order valence-corrected chi connectivity index (χ2v) is 6.18. The summed E-state index contributed by atoms with van der Waals surface area (Å²) in [5.74, 6) is 0. The average Bonchev–Trinajstić information content (AvgIpc) is 3.35. The first kappa shape index (κ1) is 17.9. The van der Waals surface area contributed by atoms with E-state index < -0.39 is 0 Å². The van der Waals surface area contributed by atoms with Gasteiger partial charge in [0.15, 0.2) is 0 Å². The second kappa shape index (κ2) is 7.15. The monoisotopic (exact) mass is 348 g/mol.